The summed E-state index contributed by atoms with van der Waals surface area (Å²) in [7, 11) is 0. The van der Waals surface area contributed by atoms with Gasteiger partial charge in [-0.15, -0.1) is 0 Å². The molecule has 0 saturated carbocycles. The predicted octanol–water partition coefficient (Wildman–Crippen LogP) is 1.69. The lowest BCUT2D eigenvalue weighted by Crippen LogP contribution is -2.48. The summed E-state index contributed by atoms with van der Waals surface area (Å²) in [6.07, 6.45) is 7.43. The minimum absolute atomic E-state index is 0.0527. The number of hydrogen-bond donors (Lipinski definition) is 2. The van der Waals surface area contributed by atoms with Crippen molar-refractivity contribution in [2.24, 2.45) is 0 Å². The first kappa shape index (κ1) is 17.2. The lowest BCUT2D eigenvalue weighted by atomic mass is 9.91. The van der Waals surface area contributed by atoms with Crippen LogP contribution in [0.1, 0.15) is 52.4 Å². The first-order valence-corrected chi connectivity index (χ1v) is 9.05. The number of nitrogens with zero attached hydrogens (tertiary/aromatic N) is 2. The fourth-order valence-corrected chi connectivity index (χ4v) is 4.07. The Morgan fingerprint density at radius 2 is 1.95 bits per heavy atom. The van der Waals surface area contributed by atoms with Gasteiger partial charge in [-0.3, -0.25) is 4.90 Å². The number of likely N-dealkylation sites (tertiary alicyclic amines) is 2. The summed E-state index contributed by atoms with van der Waals surface area (Å²) in [5.41, 5.74) is -0.0527. The molecule has 2 fully saturated rings. The number of aliphatic hydroxyl groups excluding tert-OH is 1. The molecule has 0 aromatic heterocycles. The van der Waals surface area contributed by atoms with E-state index in [2.05, 4.69) is 29.0 Å². The quantitative estimate of drug-likeness (QED) is 0.679. The molecule has 0 aromatic carbocycles. The third-order valence-electron chi connectivity index (χ3n) is 5.57. The van der Waals surface area contributed by atoms with Gasteiger partial charge in [-0.2, -0.15) is 0 Å². The highest BCUT2D eigenvalue weighted by Crippen LogP contribution is 2.22. The summed E-state index contributed by atoms with van der Waals surface area (Å²) >= 11 is 0. The topological polar surface area (TPSA) is 38.7 Å². The van der Waals surface area contributed by atoms with Gasteiger partial charge in [-0.25, -0.2) is 0 Å². The monoisotopic (exact) mass is 297 g/mol. The average Bonchev–Trinajstić information content (AvgIpc) is 3.17. The molecular formula is C17H35N3O. The van der Waals surface area contributed by atoms with Crippen LogP contribution < -0.4 is 5.32 Å². The molecule has 0 spiro atoms. The second-order valence-corrected chi connectivity index (χ2v) is 6.91. The molecule has 21 heavy (non-hydrogen) atoms. The zero-order valence-electron chi connectivity index (χ0n) is 14.1. The van der Waals surface area contributed by atoms with Crippen LogP contribution in [0.25, 0.3) is 0 Å². The van der Waals surface area contributed by atoms with Gasteiger partial charge in [0.25, 0.3) is 0 Å². The van der Waals surface area contributed by atoms with Crippen molar-refractivity contribution in [3.8, 4) is 0 Å². The van der Waals surface area contributed by atoms with Crippen LogP contribution in [0.5, 0.6) is 0 Å². The van der Waals surface area contributed by atoms with Gasteiger partial charge in [0.2, 0.25) is 0 Å². The van der Waals surface area contributed by atoms with Crippen molar-refractivity contribution < 1.29 is 5.11 Å². The van der Waals surface area contributed by atoms with Gasteiger partial charge in [0, 0.05) is 18.1 Å². The molecule has 2 unspecified atom stereocenters. The fourth-order valence-electron chi connectivity index (χ4n) is 4.07. The number of nitrogens with one attached hydrogen (secondary N) is 1. The van der Waals surface area contributed by atoms with E-state index >= 15 is 0 Å². The van der Waals surface area contributed by atoms with Gasteiger partial charge in [0.15, 0.2) is 0 Å². The fraction of sp³-hybridized carbons (Fsp3) is 1.00. The second kappa shape index (κ2) is 8.47. The van der Waals surface area contributed by atoms with Crippen molar-refractivity contribution in [1.29, 1.82) is 0 Å². The van der Waals surface area contributed by atoms with Crippen LogP contribution in [-0.4, -0.2) is 72.4 Å². The standard InChI is InChI=1S/C17H35N3O/c1-3-17(15-21,18-4-2)9-7-10-19-13-8-16(14-19)20-11-5-6-12-20/h16,18,21H,3-15H2,1-2H3. The van der Waals surface area contributed by atoms with E-state index in [1.165, 1.54) is 58.4 Å². The van der Waals surface area contributed by atoms with Crippen molar-refractivity contribution in [3.63, 3.8) is 0 Å². The van der Waals surface area contributed by atoms with Crippen LogP contribution >= 0.6 is 0 Å². The number of likely N-dealkylation sites (N-methyl/N-ethyl adjacent to an activating group) is 1. The average molecular weight is 297 g/mol. The molecule has 0 bridgehead atoms. The highest BCUT2D eigenvalue weighted by molar-refractivity contribution is 4.88. The first-order valence-electron chi connectivity index (χ1n) is 9.05. The molecule has 0 radical (unpaired) electrons. The predicted molar refractivity (Wildman–Crippen MR) is 88.7 cm³/mol. The Morgan fingerprint density at radius 1 is 1.19 bits per heavy atom. The minimum Gasteiger partial charge on any atom is -0.394 e. The van der Waals surface area contributed by atoms with Gasteiger partial charge in [0.05, 0.1) is 6.61 Å². The van der Waals surface area contributed by atoms with E-state index in [9.17, 15) is 5.11 Å². The number of rotatable bonds is 9. The van der Waals surface area contributed by atoms with E-state index in [0.717, 1.165) is 25.4 Å². The highest BCUT2D eigenvalue weighted by Gasteiger charge is 2.30. The molecule has 2 heterocycles. The van der Waals surface area contributed by atoms with Crippen molar-refractivity contribution in [2.45, 2.75) is 64.0 Å². The SMILES string of the molecule is CCNC(CC)(CO)CCCN1CCC(N2CCCC2)C1. The molecule has 2 N–H and O–H groups in total. The summed E-state index contributed by atoms with van der Waals surface area (Å²) in [4.78, 5) is 5.33. The maximum Gasteiger partial charge on any atom is 0.0613 e. The Kier molecular flexibility index (Phi) is 6.93. The maximum atomic E-state index is 9.70. The summed E-state index contributed by atoms with van der Waals surface area (Å²) in [6.45, 7) is 11.9. The molecule has 2 atom stereocenters. The highest BCUT2D eigenvalue weighted by atomic mass is 16.3. The van der Waals surface area contributed by atoms with E-state index < -0.39 is 0 Å². The summed E-state index contributed by atoms with van der Waals surface area (Å²) in [5.74, 6) is 0. The Bertz CT molecular complexity index is 288. The number of aliphatic hydroxyl groups is 1. The van der Waals surface area contributed by atoms with Gasteiger partial charge in [-0.05, 0) is 71.2 Å². The van der Waals surface area contributed by atoms with E-state index in [1.54, 1.807) is 0 Å². The molecule has 0 aliphatic carbocycles. The smallest absolute Gasteiger partial charge is 0.0613 e. The summed E-state index contributed by atoms with van der Waals surface area (Å²) in [6, 6.07) is 0.815. The Hall–Kier alpha value is -0.160. The van der Waals surface area contributed by atoms with Gasteiger partial charge in [-0.1, -0.05) is 13.8 Å². The second-order valence-electron chi connectivity index (χ2n) is 6.91. The summed E-state index contributed by atoms with van der Waals surface area (Å²) < 4.78 is 0. The molecule has 124 valence electrons. The molecule has 2 saturated heterocycles. The lowest BCUT2D eigenvalue weighted by molar-refractivity contribution is 0.141. The lowest BCUT2D eigenvalue weighted by Gasteiger charge is -2.32. The minimum atomic E-state index is -0.0527. The van der Waals surface area contributed by atoms with Crippen molar-refractivity contribution in [1.82, 2.24) is 15.1 Å². The maximum absolute atomic E-state index is 9.70. The molecule has 2 aliphatic rings. The van der Waals surface area contributed by atoms with Crippen LogP contribution in [-0.2, 0) is 0 Å². The normalized spacial score (nSPS) is 27.3. The van der Waals surface area contributed by atoms with Crippen molar-refractivity contribution in [3.05, 3.63) is 0 Å². The Morgan fingerprint density at radius 3 is 2.57 bits per heavy atom. The van der Waals surface area contributed by atoms with E-state index in [4.69, 9.17) is 0 Å². The van der Waals surface area contributed by atoms with Crippen LogP contribution in [0.2, 0.25) is 0 Å². The van der Waals surface area contributed by atoms with Crippen LogP contribution in [0.4, 0.5) is 0 Å². The molecule has 4 heteroatoms. The van der Waals surface area contributed by atoms with Gasteiger partial charge in [0.1, 0.15) is 0 Å². The molecule has 0 amide bonds. The van der Waals surface area contributed by atoms with Crippen molar-refractivity contribution >= 4 is 0 Å². The van der Waals surface area contributed by atoms with Crippen LogP contribution in [0.15, 0.2) is 0 Å². The first-order chi connectivity index (χ1) is 10.2. The zero-order valence-corrected chi connectivity index (χ0v) is 14.1. The number of hydrogen-bond acceptors (Lipinski definition) is 4. The van der Waals surface area contributed by atoms with E-state index in [-0.39, 0.29) is 12.1 Å². The van der Waals surface area contributed by atoms with Crippen molar-refractivity contribution in [2.75, 3.05) is 45.9 Å². The van der Waals surface area contributed by atoms with Crippen LogP contribution in [0, 0.1) is 0 Å². The van der Waals surface area contributed by atoms with E-state index in [1.807, 2.05) is 0 Å². The molecular weight excluding hydrogens is 262 g/mol. The third-order valence-corrected chi connectivity index (χ3v) is 5.57. The van der Waals surface area contributed by atoms with Crippen LogP contribution in [0.3, 0.4) is 0 Å². The van der Waals surface area contributed by atoms with E-state index in [0.29, 0.717) is 0 Å². The largest absolute Gasteiger partial charge is 0.394 e. The molecule has 0 aromatic rings. The van der Waals surface area contributed by atoms with Gasteiger partial charge >= 0.3 is 0 Å². The Labute approximate surface area is 130 Å². The Balaban J connectivity index is 1.68. The summed E-state index contributed by atoms with van der Waals surface area (Å²) in [5, 5.41) is 13.2. The zero-order chi connectivity index (χ0) is 15.1. The molecule has 2 rings (SSSR count). The third kappa shape index (κ3) is 4.65. The van der Waals surface area contributed by atoms with Gasteiger partial charge < -0.3 is 15.3 Å². The molecule has 4 nitrogen and oxygen atoms in total. The molecule has 2 aliphatic heterocycles.